The van der Waals surface area contributed by atoms with Gasteiger partial charge in [0.15, 0.2) is 0 Å². The number of carbonyl (C=O) groups is 1. The van der Waals surface area contributed by atoms with E-state index >= 15 is 0 Å². The Balaban J connectivity index is 1.26. The number of aromatic nitrogens is 2. The number of amides is 1. The molecule has 2 aromatic rings. The molecule has 0 radical (unpaired) electrons. The van der Waals surface area contributed by atoms with Gasteiger partial charge in [0.25, 0.3) is 0 Å². The Morgan fingerprint density at radius 3 is 2.74 bits per heavy atom. The van der Waals surface area contributed by atoms with Gasteiger partial charge in [-0.15, -0.1) is 0 Å². The number of nitrogens with zero attached hydrogens (tertiary/aromatic N) is 3. The van der Waals surface area contributed by atoms with E-state index in [0.29, 0.717) is 24.2 Å². The maximum absolute atomic E-state index is 12.6. The van der Waals surface area contributed by atoms with Crippen LogP contribution < -0.4 is 0 Å². The lowest BCUT2D eigenvalue weighted by Gasteiger charge is -2.27. The van der Waals surface area contributed by atoms with E-state index in [0.717, 1.165) is 38.9 Å². The highest BCUT2D eigenvalue weighted by Gasteiger charge is 2.29. The van der Waals surface area contributed by atoms with Crippen LogP contribution >= 0.6 is 0 Å². The quantitative estimate of drug-likeness (QED) is 0.732. The molecule has 4 heteroatoms. The lowest BCUT2D eigenvalue weighted by Crippen LogP contribution is -2.29. The van der Waals surface area contributed by atoms with Crippen LogP contribution in [-0.2, 0) is 17.8 Å². The molecule has 0 bridgehead atoms. The number of hydrogen-bond donors (Lipinski definition) is 0. The fourth-order valence-corrected chi connectivity index (χ4v) is 4.42. The molecule has 1 aromatic carbocycles. The van der Waals surface area contributed by atoms with E-state index in [1.54, 1.807) is 0 Å². The van der Waals surface area contributed by atoms with E-state index in [1.807, 2.05) is 12.3 Å². The minimum atomic E-state index is 0.329. The summed E-state index contributed by atoms with van der Waals surface area (Å²) in [5, 5.41) is 0. The van der Waals surface area contributed by atoms with Crippen molar-refractivity contribution in [3.8, 4) is 0 Å². The summed E-state index contributed by atoms with van der Waals surface area (Å²) < 4.78 is 2.43. The third kappa shape index (κ3) is 4.26. The van der Waals surface area contributed by atoms with Gasteiger partial charge in [0.1, 0.15) is 5.82 Å². The monoisotopic (exact) mass is 365 g/mol. The second-order valence-corrected chi connectivity index (χ2v) is 8.33. The number of likely N-dealkylation sites (tertiary alicyclic amines) is 1. The molecular weight excluding hydrogens is 334 g/mol. The number of benzene rings is 1. The van der Waals surface area contributed by atoms with Gasteiger partial charge >= 0.3 is 0 Å². The molecule has 0 spiro atoms. The predicted octanol–water partition coefficient (Wildman–Crippen LogP) is 4.33. The van der Waals surface area contributed by atoms with Crippen LogP contribution in [0.1, 0.15) is 61.5 Å². The standard InChI is InChI=1S/C23H31N3O/c1-18-15-24-23(21-10-6-11-21)26(18)17-20-13-14-25(16-20)22(27)12-5-9-19-7-3-2-4-8-19/h2-4,7-8,15,20-21H,5-6,9-14,16-17H2,1H3. The Labute approximate surface area is 162 Å². The van der Waals surface area contributed by atoms with Crippen LogP contribution in [0.25, 0.3) is 0 Å². The zero-order valence-corrected chi connectivity index (χ0v) is 16.4. The van der Waals surface area contributed by atoms with E-state index in [9.17, 15) is 4.79 Å². The van der Waals surface area contributed by atoms with Gasteiger partial charge in [0, 0.05) is 43.9 Å². The number of rotatable bonds is 7. The summed E-state index contributed by atoms with van der Waals surface area (Å²) in [6, 6.07) is 10.5. The van der Waals surface area contributed by atoms with E-state index in [4.69, 9.17) is 0 Å². The van der Waals surface area contributed by atoms with E-state index in [1.165, 1.54) is 36.3 Å². The molecule has 1 atom stereocenters. The zero-order chi connectivity index (χ0) is 18.6. The molecule has 1 aromatic heterocycles. The van der Waals surface area contributed by atoms with E-state index < -0.39 is 0 Å². The smallest absolute Gasteiger partial charge is 0.222 e. The third-order valence-corrected chi connectivity index (χ3v) is 6.33. The first-order valence-electron chi connectivity index (χ1n) is 10.5. The normalized spacial score (nSPS) is 20.0. The Morgan fingerprint density at radius 2 is 2.00 bits per heavy atom. The van der Waals surface area contributed by atoms with Crippen LogP contribution in [0.5, 0.6) is 0 Å². The molecule has 144 valence electrons. The van der Waals surface area contributed by atoms with Gasteiger partial charge in [0.2, 0.25) is 5.91 Å². The molecule has 27 heavy (non-hydrogen) atoms. The van der Waals surface area contributed by atoms with Crippen LogP contribution in [0, 0.1) is 12.8 Å². The van der Waals surface area contributed by atoms with Crippen LogP contribution in [0.15, 0.2) is 36.5 Å². The van der Waals surface area contributed by atoms with Gasteiger partial charge in [-0.3, -0.25) is 4.79 Å². The van der Waals surface area contributed by atoms with E-state index in [-0.39, 0.29) is 0 Å². The van der Waals surface area contributed by atoms with Crippen molar-refractivity contribution in [2.75, 3.05) is 13.1 Å². The number of carbonyl (C=O) groups excluding carboxylic acids is 1. The highest BCUT2D eigenvalue weighted by molar-refractivity contribution is 5.76. The summed E-state index contributed by atoms with van der Waals surface area (Å²) in [4.78, 5) is 19.4. The number of aryl methyl sites for hydroxylation is 2. The first-order chi connectivity index (χ1) is 13.2. The Kier molecular flexibility index (Phi) is 5.61. The summed E-state index contributed by atoms with van der Waals surface area (Å²) in [5.41, 5.74) is 2.59. The second kappa shape index (κ2) is 8.28. The summed E-state index contributed by atoms with van der Waals surface area (Å²) in [5.74, 6) is 2.84. The van der Waals surface area contributed by atoms with Gasteiger partial charge in [-0.05, 0) is 50.5 Å². The molecule has 4 rings (SSSR count). The molecule has 4 nitrogen and oxygen atoms in total. The lowest BCUT2D eigenvalue weighted by atomic mass is 9.84. The molecule has 1 saturated carbocycles. The molecule has 2 fully saturated rings. The van der Waals surface area contributed by atoms with Gasteiger partial charge in [0.05, 0.1) is 0 Å². The topological polar surface area (TPSA) is 38.1 Å². The predicted molar refractivity (Wildman–Crippen MR) is 108 cm³/mol. The van der Waals surface area contributed by atoms with Crippen LogP contribution in [0.4, 0.5) is 0 Å². The van der Waals surface area contributed by atoms with Crippen LogP contribution in [0.2, 0.25) is 0 Å². The number of hydrogen-bond acceptors (Lipinski definition) is 2. The Morgan fingerprint density at radius 1 is 1.19 bits per heavy atom. The highest BCUT2D eigenvalue weighted by Crippen LogP contribution is 2.36. The van der Waals surface area contributed by atoms with Crippen molar-refractivity contribution in [2.45, 2.75) is 64.3 Å². The van der Waals surface area contributed by atoms with Crippen LogP contribution in [-0.4, -0.2) is 33.4 Å². The zero-order valence-electron chi connectivity index (χ0n) is 16.4. The second-order valence-electron chi connectivity index (χ2n) is 8.33. The minimum Gasteiger partial charge on any atom is -0.342 e. The molecule has 2 heterocycles. The first kappa shape index (κ1) is 18.3. The third-order valence-electron chi connectivity index (χ3n) is 6.33. The van der Waals surface area contributed by atoms with Gasteiger partial charge < -0.3 is 9.47 Å². The Bertz CT molecular complexity index is 763. The molecular formula is C23H31N3O. The van der Waals surface area contributed by atoms with Crippen molar-refractivity contribution >= 4 is 5.91 Å². The van der Waals surface area contributed by atoms with Crippen LogP contribution in [0.3, 0.4) is 0 Å². The SMILES string of the molecule is Cc1cnc(C2CCC2)n1CC1CCN(C(=O)CCCc2ccccc2)C1. The molecule has 1 aliphatic heterocycles. The molecule has 2 aliphatic rings. The summed E-state index contributed by atoms with van der Waals surface area (Å²) >= 11 is 0. The molecule has 1 saturated heterocycles. The highest BCUT2D eigenvalue weighted by atomic mass is 16.2. The van der Waals surface area contributed by atoms with Gasteiger partial charge in [-0.1, -0.05) is 36.8 Å². The van der Waals surface area contributed by atoms with Gasteiger partial charge in [-0.2, -0.15) is 0 Å². The van der Waals surface area contributed by atoms with Crippen molar-refractivity contribution in [3.63, 3.8) is 0 Å². The van der Waals surface area contributed by atoms with Crippen molar-refractivity contribution in [3.05, 3.63) is 53.6 Å². The maximum Gasteiger partial charge on any atom is 0.222 e. The molecule has 0 N–H and O–H groups in total. The van der Waals surface area contributed by atoms with Gasteiger partial charge in [-0.25, -0.2) is 4.98 Å². The lowest BCUT2D eigenvalue weighted by molar-refractivity contribution is -0.130. The number of imidazole rings is 1. The minimum absolute atomic E-state index is 0.329. The van der Waals surface area contributed by atoms with Crippen molar-refractivity contribution in [1.29, 1.82) is 0 Å². The average molecular weight is 366 g/mol. The van der Waals surface area contributed by atoms with Crippen molar-refractivity contribution in [2.24, 2.45) is 5.92 Å². The fourth-order valence-electron chi connectivity index (χ4n) is 4.42. The fraction of sp³-hybridized carbons (Fsp3) is 0.565. The summed E-state index contributed by atoms with van der Waals surface area (Å²) in [6.45, 7) is 5.01. The average Bonchev–Trinajstić information content (AvgIpc) is 3.24. The Hall–Kier alpha value is -2.10. The summed E-state index contributed by atoms with van der Waals surface area (Å²) in [6.07, 6.45) is 9.64. The first-order valence-corrected chi connectivity index (χ1v) is 10.5. The maximum atomic E-state index is 12.6. The largest absolute Gasteiger partial charge is 0.342 e. The van der Waals surface area contributed by atoms with Crippen molar-refractivity contribution in [1.82, 2.24) is 14.5 Å². The molecule has 1 unspecified atom stereocenters. The molecule has 1 amide bonds. The molecule has 1 aliphatic carbocycles. The summed E-state index contributed by atoms with van der Waals surface area (Å²) in [7, 11) is 0. The van der Waals surface area contributed by atoms with E-state index in [2.05, 4.69) is 45.6 Å². The van der Waals surface area contributed by atoms with Crippen molar-refractivity contribution < 1.29 is 4.79 Å².